The lowest BCUT2D eigenvalue weighted by atomic mass is 10.2. The van der Waals surface area contributed by atoms with E-state index in [0.29, 0.717) is 6.42 Å². The number of nitriles is 1. The van der Waals surface area contributed by atoms with Crippen LogP contribution >= 0.6 is 11.8 Å². The zero-order valence-corrected chi connectivity index (χ0v) is 8.40. The Labute approximate surface area is 82.7 Å². The van der Waals surface area contributed by atoms with Crippen molar-refractivity contribution in [2.75, 3.05) is 11.5 Å². The van der Waals surface area contributed by atoms with Crippen molar-refractivity contribution in [1.82, 2.24) is 0 Å². The number of thioether (sulfide) groups is 1. The summed E-state index contributed by atoms with van der Waals surface area (Å²) in [7, 11) is 0. The number of benzene rings is 1. The van der Waals surface area contributed by atoms with Gasteiger partial charge in [-0.1, -0.05) is 6.07 Å². The molecule has 13 heavy (non-hydrogen) atoms. The number of anilines is 1. The largest absolute Gasteiger partial charge is 0.398 e. The molecule has 0 saturated carbocycles. The van der Waals surface area contributed by atoms with Gasteiger partial charge in [0.1, 0.15) is 0 Å². The molecule has 0 radical (unpaired) electrons. The topological polar surface area (TPSA) is 49.8 Å². The van der Waals surface area contributed by atoms with Crippen LogP contribution in [0.4, 0.5) is 5.69 Å². The van der Waals surface area contributed by atoms with Crippen molar-refractivity contribution < 1.29 is 0 Å². The molecule has 0 aliphatic heterocycles. The van der Waals surface area contributed by atoms with Crippen LogP contribution in [0.15, 0.2) is 23.1 Å². The molecule has 0 spiro atoms. The molecule has 68 valence electrons. The van der Waals surface area contributed by atoms with Gasteiger partial charge < -0.3 is 5.73 Å². The molecule has 2 N–H and O–H groups in total. The smallest absolute Gasteiger partial charge is 0.0630 e. The third-order valence-corrected chi connectivity index (χ3v) is 2.96. The predicted octanol–water partition coefficient (Wildman–Crippen LogP) is 2.58. The lowest BCUT2D eigenvalue weighted by molar-refractivity contribution is 1.22. The molecule has 0 saturated heterocycles. The van der Waals surface area contributed by atoms with Crippen LogP contribution in [0.25, 0.3) is 0 Å². The quantitative estimate of drug-likeness (QED) is 0.455. The number of nitrogen functional groups attached to an aromatic ring is 1. The lowest BCUT2D eigenvalue weighted by Crippen LogP contribution is -1.91. The van der Waals surface area contributed by atoms with E-state index in [1.165, 1.54) is 4.90 Å². The van der Waals surface area contributed by atoms with E-state index in [9.17, 15) is 0 Å². The van der Waals surface area contributed by atoms with Crippen molar-refractivity contribution in [3.05, 3.63) is 23.8 Å². The van der Waals surface area contributed by atoms with Gasteiger partial charge in [-0.15, -0.1) is 11.8 Å². The normalized spacial score (nSPS) is 9.54. The van der Waals surface area contributed by atoms with Crippen molar-refractivity contribution in [2.24, 2.45) is 0 Å². The molecule has 0 aliphatic rings. The van der Waals surface area contributed by atoms with Crippen LogP contribution in [-0.4, -0.2) is 5.75 Å². The summed E-state index contributed by atoms with van der Waals surface area (Å²) in [6.45, 7) is 2.00. The Balaban J connectivity index is 2.67. The lowest BCUT2D eigenvalue weighted by Gasteiger charge is -2.05. The van der Waals surface area contributed by atoms with Gasteiger partial charge in [0, 0.05) is 22.8 Å². The van der Waals surface area contributed by atoms with Gasteiger partial charge in [0.05, 0.1) is 6.07 Å². The Morgan fingerprint density at radius 2 is 2.31 bits per heavy atom. The number of nitrogens with two attached hydrogens (primary N) is 1. The highest BCUT2D eigenvalue weighted by Gasteiger charge is 2.00. The highest BCUT2D eigenvalue weighted by Crippen LogP contribution is 2.26. The van der Waals surface area contributed by atoms with Crippen LogP contribution in [-0.2, 0) is 0 Å². The fourth-order valence-corrected chi connectivity index (χ4v) is 1.92. The van der Waals surface area contributed by atoms with Gasteiger partial charge in [-0.05, 0) is 24.6 Å². The standard InChI is InChI=1S/C10H12N2S/c1-8-9(12)4-2-5-10(8)13-7-3-6-11/h2,4-5H,3,7,12H2,1H3. The highest BCUT2D eigenvalue weighted by molar-refractivity contribution is 7.99. The van der Waals surface area contributed by atoms with E-state index < -0.39 is 0 Å². The third kappa shape index (κ3) is 2.67. The molecule has 1 rings (SSSR count). The Hall–Kier alpha value is -1.14. The summed E-state index contributed by atoms with van der Waals surface area (Å²) in [6, 6.07) is 7.99. The first-order chi connectivity index (χ1) is 6.25. The Bertz CT molecular complexity index is 328. The van der Waals surface area contributed by atoms with Crippen molar-refractivity contribution in [2.45, 2.75) is 18.2 Å². The third-order valence-electron chi connectivity index (χ3n) is 1.80. The molecule has 0 aromatic heterocycles. The Morgan fingerprint density at radius 1 is 1.54 bits per heavy atom. The van der Waals surface area contributed by atoms with E-state index in [4.69, 9.17) is 11.0 Å². The average Bonchev–Trinajstić information content (AvgIpc) is 2.13. The van der Waals surface area contributed by atoms with Gasteiger partial charge in [-0.3, -0.25) is 0 Å². The maximum Gasteiger partial charge on any atom is 0.0630 e. The molecule has 0 amide bonds. The summed E-state index contributed by atoms with van der Waals surface area (Å²) in [5.41, 5.74) is 7.68. The van der Waals surface area contributed by atoms with E-state index in [2.05, 4.69) is 6.07 Å². The monoisotopic (exact) mass is 192 g/mol. The SMILES string of the molecule is Cc1c(N)cccc1SCCC#N. The second-order valence-corrected chi connectivity index (χ2v) is 3.86. The van der Waals surface area contributed by atoms with Gasteiger partial charge in [0.15, 0.2) is 0 Å². The number of nitrogens with zero attached hydrogens (tertiary/aromatic N) is 1. The van der Waals surface area contributed by atoms with E-state index in [1.54, 1.807) is 11.8 Å². The molecule has 1 aromatic rings. The van der Waals surface area contributed by atoms with Crippen LogP contribution in [0.1, 0.15) is 12.0 Å². The molecule has 0 heterocycles. The van der Waals surface area contributed by atoms with Crippen LogP contribution < -0.4 is 5.73 Å². The van der Waals surface area contributed by atoms with E-state index in [-0.39, 0.29) is 0 Å². The predicted molar refractivity (Wildman–Crippen MR) is 56.5 cm³/mol. The minimum absolute atomic E-state index is 0.582. The fourth-order valence-electron chi connectivity index (χ4n) is 0.994. The average molecular weight is 192 g/mol. The molecular formula is C10H12N2S. The molecule has 0 aliphatic carbocycles. The Kier molecular flexibility index (Phi) is 3.66. The second kappa shape index (κ2) is 4.78. The van der Waals surface area contributed by atoms with E-state index >= 15 is 0 Å². The number of hydrogen-bond donors (Lipinski definition) is 1. The van der Waals surface area contributed by atoms with Gasteiger partial charge in [-0.2, -0.15) is 5.26 Å². The van der Waals surface area contributed by atoms with Crippen LogP contribution in [0.5, 0.6) is 0 Å². The molecule has 2 nitrogen and oxygen atoms in total. The van der Waals surface area contributed by atoms with Crippen LogP contribution in [0.2, 0.25) is 0 Å². The first kappa shape index (κ1) is 9.94. The zero-order valence-electron chi connectivity index (χ0n) is 7.58. The van der Waals surface area contributed by atoms with Gasteiger partial charge in [0.2, 0.25) is 0 Å². The van der Waals surface area contributed by atoms with E-state index in [0.717, 1.165) is 17.0 Å². The Morgan fingerprint density at radius 3 is 3.00 bits per heavy atom. The summed E-state index contributed by atoms with van der Waals surface area (Å²) in [4.78, 5) is 1.18. The van der Waals surface area contributed by atoms with Crippen LogP contribution in [0.3, 0.4) is 0 Å². The molecule has 0 unspecified atom stereocenters. The van der Waals surface area contributed by atoms with Crippen molar-refractivity contribution in [3.8, 4) is 6.07 Å². The highest BCUT2D eigenvalue weighted by atomic mass is 32.2. The molecule has 0 fully saturated rings. The molecule has 3 heteroatoms. The first-order valence-corrected chi connectivity index (χ1v) is 5.09. The number of rotatable bonds is 3. The first-order valence-electron chi connectivity index (χ1n) is 4.10. The molecule has 0 atom stereocenters. The van der Waals surface area contributed by atoms with Gasteiger partial charge >= 0.3 is 0 Å². The summed E-state index contributed by atoms with van der Waals surface area (Å²) < 4.78 is 0. The second-order valence-electron chi connectivity index (χ2n) is 2.73. The summed E-state index contributed by atoms with van der Waals surface area (Å²) >= 11 is 1.68. The van der Waals surface area contributed by atoms with Crippen molar-refractivity contribution in [3.63, 3.8) is 0 Å². The van der Waals surface area contributed by atoms with E-state index in [1.807, 2.05) is 25.1 Å². The summed E-state index contributed by atoms with van der Waals surface area (Å²) in [5.74, 6) is 0.834. The molecule has 0 bridgehead atoms. The van der Waals surface area contributed by atoms with Gasteiger partial charge in [0.25, 0.3) is 0 Å². The maximum absolute atomic E-state index is 8.38. The van der Waals surface area contributed by atoms with Crippen LogP contribution in [0, 0.1) is 18.3 Å². The fraction of sp³-hybridized carbons (Fsp3) is 0.300. The van der Waals surface area contributed by atoms with Crippen molar-refractivity contribution in [1.29, 1.82) is 5.26 Å². The molecular weight excluding hydrogens is 180 g/mol. The number of hydrogen-bond acceptors (Lipinski definition) is 3. The summed E-state index contributed by atoms with van der Waals surface area (Å²) in [5, 5.41) is 8.38. The summed E-state index contributed by atoms with van der Waals surface area (Å²) in [6.07, 6.45) is 0.582. The minimum atomic E-state index is 0.582. The zero-order chi connectivity index (χ0) is 9.68. The maximum atomic E-state index is 8.38. The molecule has 1 aromatic carbocycles. The minimum Gasteiger partial charge on any atom is -0.398 e. The van der Waals surface area contributed by atoms with Crippen molar-refractivity contribution >= 4 is 17.4 Å². The van der Waals surface area contributed by atoms with Gasteiger partial charge in [-0.25, -0.2) is 0 Å².